The number of nitrogens with one attached hydrogen (secondary N) is 1. The summed E-state index contributed by atoms with van der Waals surface area (Å²) in [7, 11) is 0. The third-order valence-corrected chi connectivity index (χ3v) is 3.63. The first-order valence-electron chi connectivity index (χ1n) is 7.02. The van der Waals surface area contributed by atoms with Crippen LogP contribution in [-0.2, 0) is 6.42 Å². The number of amides is 1. The number of nitrogens with zero attached hydrogens (tertiary/aromatic N) is 3. The lowest BCUT2D eigenvalue weighted by atomic mass is 10.1. The molecule has 5 heteroatoms. The Morgan fingerprint density at radius 2 is 2.26 bits per heavy atom. The van der Waals surface area contributed by atoms with Crippen LogP contribution in [0, 0.1) is 6.92 Å². The molecule has 1 saturated heterocycles. The second-order valence-corrected chi connectivity index (χ2v) is 4.94. The third-order valence-electron chi connectivity index (χ3n) is 3.63. The molecule has 0 aromatic carbocycles. The van der Waals surface area contributed by atoms with Crippen LogP contribution in [0.2, 0.25) is 0 Å². The van der Waals surface area contributed by atoms with Crippen molar-refractivity contribution in [2.75, 3.05) is 19.6 Å². The predicted molar refractivity (Wildman–Crippen MR) is 74.1 cm³/mol. The average molecular weight is 262 g/mol. The summed E-state index contributed by atoms with van der Waals surface area (Å²) in [4.78, 5) is 14.7. The lowest BCUT2D eigenvalue weighted by Crippen LogP contribution is -2.41. The molecule has 1 fully saturated rings. The lowest BCUT2D eigenvalue weighted by Gasteiger charge is -2.27. The number of likely N-dealkylation sites (N-methyl/N-ethyl adjacent to an activating group) is 1. The molecule has 1 atom stereocenters. The van der Waals surface area contributed by atoms with Crippen molar-refractivity contribution >= 4 is 5.91 Å². The Labute approximate surface area is 114 Å². The number of hydrogen-bond acceptors (Lipinski definition) is 4. The molecule has 5 nitrogen and oxygen atoms in total. The van der Waals surface area contributed by atoms with Crippen molar-refractivity contribution in [2.24, 2.45) is 0 Å². The molecule has 1 amide bonds. The van der Waals surface area contributed by atoms with E-state index in [0.717, 1.165) is 43.9 Å². The average Bonchev–Trinajstić information content (AvgIpc) is 2.93. The topological polar surface area (TPSA) is 58.1 Å². The van der Waals surface area contributed by atoms with Crippen molar-refractivity contribution in [3.8, 4) is 0 Å². The van der Waals surface area contributed by atoms with E-state index >= 15 is 0 Å². The molecule has 0 aliphatic carbocycles. The van der Waals surface area contributed by atoms with Gasteiger partial charge in [0, 0.05) is 19.1 Å². The van der Waals surface area contributed by atoms with E-state index in [9.17, 15) is 4.79 Å². The first kappa shape index (κ1) is 13.9. The van der Waals surface area contributed by atoms with Gasteiger partial charge >= 0.3 is 0 Å². The highest BCUT2D eigenvalue weighted by Gasteiger charge is 2.27. The maximum Gasteiger partial charge on any atom is 0.256 e. The zero-order valence-electron chi connectivity index (χ0n) is 11.9. The van der Waals surface area contributed by atoms with Gasteiger partial charge in [-0.1, -0.05) is 6.92 Å². The zero-order valence-corrected chi connectivity index (χ0v) is 11.9. The molecule has 1 unspecified atom stereocenters. The lowest BCUT2D eigenvalue weighted by molar-refractivity contribution is 0.0701. The molecule has 0 spiro atoms. The quantitative estimate of drug-likeness (QED) is 0.885. The molecule has 0 saturated carbocycles. The van der Waals surface area contributed by atoms with Crippen molar-refractivity contribution in [1.29, 1.82) is 0 Å². The molecule has 2 heterocycles. The molecular weight excluding hydrogens is 240 g/mol. The monoisotopic (exact) mass is 262 g/mol. The molecule has 1 aromatic heterocycles. The summed E-state index contributed by atoms with van der Waals surface area (Å²) in [5, 5.41) is 11.5. The maximum absolute atomic E-state index is 12.7. The Bertz CT molecular complexity index is 455. The fraction of sp³-hybridized carbons (Fsp3) is 0.643. The van der Waals surface area contributed by atoms with E-state index in [-0.39, 0.29) is 5.91 Å². The number of carbonyl (C=O) groups is 1. The Hall–Kier alpha value is -1.49. The maximum atomic E-state index is 12.7. The summed E-state index contributed by atoms with van der Waals surface area (Å²) in [6.45, 7) is 8.51. The molecule has 1 aliphatic heterocycles. The van der Waals surface area contributed by atoms with E-state index in [1.165, 1.54) is 0 Å². The SMILES string of the molecule is CCc1nnc(C)cc1C(=O)N(CC)C1CCNC1. The highest BCUT2D eigenvalue weighted by molar-refractivity contribution is 5.95. The zero-order chi connectivity index (χ0) is 13.8. The summed E-state index contributed by atoms with van der Waals surface area (Å²) in [6, 6.07) is 2.16. The fourth-order valence-electron chi connectivity index (χ4n) is 2.59. The summed E-state index contributed by atoms with van der Waals surface area (Å²) < 4.78 is 0. The summed E-state index contributed by atoms with van der Waals surface area (Å²) in [5.74, 6) is 0.0889. The second kappa shape index (κ2) is 6.10. The molecule has 1 aliphatic rings. The normalized spacial score (nSPS) is 18.6. The van der Waals surface area contributed by atoms with E-state index < -0.39 is 0 Å². The highest BCUT2D eigenvalue weighted by Crippen LogP contribution is 2.16. The van der Waals surface area contributed by atoms with Gasteiger partial charge < -0.3 is 10.2 Å². The van der Waals surface area contributed by atoms with Crippen molar-refractivity contribution in [3.05, 3.63) is 23.0 Å². The largest absolute Gasteiger partial charge is 0.335 e. The smallest absolute Gasteiger partial charge is 0.256 e. The van der Waals surface area contributed by atoms with Crippen LogP contribution >= 0.6 is 0 Å². The van der Waals surface area contributed by atoms with Crippen LogP contribution < -0.4 is 5.32 Å². The van der Waals surface area contributed by atoms with Crippen molar-refractivity contribution in [2.45, 2.75) is 39.7 Å². The van der Waals surface area contributed by atoms with Gasteiger partial charge in [0.05, 0.1) is 17.0 Å². The standard InChI is InChI=1S/C14H22N4O/c1-4-13-12(8-10(3)16-17-13)14(19)18(5-2)11-6-7-15-9-11/h8,11,15H,4-7,9H2,1-3H3. The van der Waals surface area contributed by atoms with E-state index in [1.54, 1.807) is 0 Å². The summed E-state index contributed by atoms with van der Waals surface area (Å²) in [5.41, 5.74) is 2.30. The van der Waals surface area contributed by atoms with Crippen LogP contribution in [0.5, 0.6) is 0 Å². The Morgan fingerprint density at radius 1 is 1.47 bits per heavy atom. The Kier molecular flexibility index (Phi) is 4.47. The molecule has 0 bridgehead atoms. The van der Waals surface area contributed by atoms with E-state index in [4.69, 9.17) is 0 Å². The molecule has 19 heavy (non-hydrogen) atoms. The van der Waals surface area contributed by atoms with Crippen LogP contribution in [0.4, 0.5) is 0 Å². The van der Waals surface area contributed by atoms with Crippen LogP contribution in [-0.4, -0.2) is 46.7 Å². The summed E-state index contributed by atoms with van der Waals surface area (Å²) in [6.07, 6.45) is 1.76. The van der Waals surface area contributed by atoms with Crippen LogP contribution in [0.3, 0.4) is 0 Å². The molecular formula is C14H22N4O. The Balaban J connectivity index is 2.28. The van der Waals surface area contributed by atoms with Gasteiger partial charge in [-0.15, -0.1) is 0 Å². The van der Waals surface area contributed by atoms with Crippen LogP contribution in [0.15, 0.2) is 6.07 Å². The number of aromatic nitrogens is 2. The minimum atomic E-state index is 0.0889. The molecule has 104 valence electrons. The molecule has 1 N–H and O–H groups in total. The van der Waals surface area contributed by atoms with Gasteiger partial charge in [0.1, 0.15) is 0 Å². The minimum absolute atomic E-state index is 0.0889. The number of hydrogen-bond donors (Lipinski definition) is 1. The second-order valence-electron chi connectivity index (χ2n) is 4.94. The van der Waals surface area contributed by atoms with E-state index in [0.29, 0.717) is 11.6 Å². The highest BCUT2D eigenvalue weighted by atomic mass is 16.2. The molecule has 0 radical (unpaired) electrons. The third kappa shape index (κ3) is 2.92. The van der Waals surface area contributed by atoms with Gasteiger partial charge in [-0.25, -0.2) is 0 Å². The van der Waals surface area contributed by atoms with Gasteiger partial charge in [-0.2, -0.15) is 10.2 Å². The number of carbonyl (C=O) groups excluding carboxylic acids is 1. The van der Waals surface area contributed by atoms with Gasteiger partial charge in [-0.05, 0) is 39.3 Å². The van der Waals surface area contributed by atoms with E-state index in [1.807, 2.05) is 31.7 Å². The van der Waals surface area contributed by atoms with Gasteiger partial charge in [0.2, 0.25) is 0 Å². The summed E-state index contributed by atoms with van der Waals surface area (Å²) >= 11 is 0. The number of aryl methyl sites for hydroxylation is 2. The van der Waals surface area contributed by atoms with Crippen LogP contribution in [0.25, 0.3) is 0 Å². The fourth-order valence-corrected chi connectivity index (χ4v) is 2.59. The van der Waals surface area contributed by atoms with Gasteiger partial charge in [0.15, 0.2) is 0 Å². The first-order valence-corrected chi connectivity index (χ1v) is 7.02. The molecule has 2 rings (SSSR count). The Morgan fingerprint density at radius 3 is 2.84 bits per heavy atom. The van der Waals surface area contributed by atoms with E-state index in [2.05, 4.69) is 15.5 Å². The van der Waals surface area contributed by atoms with Gasteiger partial charge in [-0.3, -0.25) is 4.79 Å². The van der Waals surface area contributed by atoms with Crippen molar-refractivity contribution in [3.63, 3.8) is 0 Å². The van der Waals surface area contributed by atoms with Crippen molar-refractivity contribution in [1.82, 2.24) is 20.4 Å². The van der Waals surface area contributed by atoms with Crippen molar-refractivity contribution < 1.29 is 4.79 Å². The minimum Gasteiger partial charge on any atom is -0.335 e. The first-order chi connectivity index (χ1) is 9.17. The predicted octanol–water partition coefficient (Wildman–Crippen LogP) is 1.17. The van der Waals surface area contributed by atoms with Crippen LogP contribution in [0.1, 0.15) is 42.0 Å². The molecule has 1 aromatic rings. The number of rotatable bonds is 4. The van der Waals surface area contributed by atoms with Gasteiger partial charge in [0.25, 0.3) is 5.91 Å².